The number of piperazine rings is 1. The van der Waals surface area contributed by atoms with Gasteiger partial charge in [-0.25, -0.2) is 18.6 Å². The molecule has 4 saturated heterocycles. The highest BCUT2D eigenvalue weighted by Crippen LogP contribution is 2.46. The van der Waals surface area contributed by atoms with Crippen LogP contribution in [0.4, 0.5) is 19.4 Å². The number of aromatic nitrogens is 3. The number of anilines is 1. The second-order valence-electron chi connectivity index (χ2n) is 19.6. The van der Waals surface area contributed by atoms with E-state index in [1.807, 2.05) is 29.2 Å². The number of carbonyl (C=O) groups is 2. The van der Waals surface area contributed by atoms with Crippen LogP contribution in [-0.4, -0.2) is 113 Å². The monoisotopic (exact) mass is 864 g/mol. The normalized spacial score (nSPS) is 24.7. The van der Waals surface area contributed by atoms with Gasteiger partial charge in [0.1, 0.15) is 40.7 Å². The van der Waals surface area contributed by atoms with Crippen molar-refractivity contribution in [3.63, 3.8) is 0 Å². The van der Waals surface area contributed by atoms with Crippen LogP contribution in [0.3, 0.4) is 0 Å². The zero-order valence-corrected chi connectivity index (χ0v) is 37.4. The highest BCUT2D eigenvalue weighted by Gasteiger charge is 2.52. The molecule has 0 unspecified atom stereocenters. The summed E-state index contributed by atoms with van der Waals surface area (Å²) < 4.78 is 51.6. The minimum Gasteiger partial charge on any atom is -0.465 e. The van der Waals surface area contributed by atoms with Gasteiger partial charge in [0.25, 0.3) is 0 Å². The lowest BCUT2D eigenvalue weighted by molar-refractivity contribution is -0.142. The van der Waals surface area contributed by atoms with Gasteiger partial charge in [-0.3, -0.25) is 14.6 Å². The SMILES string of the molecule is CC(C)(C)C(=O)Oc1cc(-c2nc(Cl)c3c(N4C[C@@H]5CC[C@H]([C@H]4CO[Si](C)(C)C(C)(C)C)N5C(=O)O)nc(OC[C@@]45CCCN4C[C@H](F)C5)nc3c2F)c2ccccc2c1. The van der Waals surface area contributed by atoms with Crippen LogP contribution in [-0.2, 0) is 9.22 Å². The molecule has 0 spiro atoms. The fourth-order valence-electron chi connectivity index (χ4n) is 9.28. The molecule has 322 valence electrons. The summed E-state index contributed by atoms with van der Waals surface area (Å²) in [6, 6.07) is 9.22. The van der Waals surface area contributed by atoms with Gasteiger partial charge in [0, 0.05) is 25.1 Å². The van der Waals surface area contributed by atoms with Crippen molar-refractivity contribution in [3.05, 3.63) is 47.4 Å². The van der Waals surface area contributed by atoms with Crippen molar-refractivity contribution in [2.24, 2.45) is 5.41 Å². The fourth-order valence-corrected chi connectivity index (χ4v) is 10.6. The summed E-state index contributed by atoms with van der Waals surface area (Å²) in [5.41, 5.74) is -1.25. The summed E-state index contributed by atoms with van der Waals surface area (Å²) in [5, 5.41) is 11.7. The van der Waals surface area contributed by atoms with Crippen LogP contribution >= 0.6 is 11.6 Å². The summed E-state index contributed by atoms with van der Waals surface area (Å²) in [4.78, 5) is 45.8. The van der Waals surface area contributed by atoms with Crippen LogP contribution in [0.2, 0.25) is 23.3 Å². The van der Waals surface area contributed by atoms with Crippen molar-refractivity contribution < 1.29 is 37.4 Å². The van der Waals surface area contributed by atoms with Gasteiger partial charge in [0.05, 0.1) is 41.1 Å². The predicted molar refractivity (Wildman–Crippen MR) is 230 cm³/mol. The molecule has 0 aliphatic carbocycles. The first-order valence-corrected chi connectivity index (χ1v) is 24.2. The van der Waals surface area contributed by atoms with E-state index in [1.54, 1.807) is 32.9 Å². The Morgan fingerprint density at radius 3 is 2.52 bits per heavy atom. The Morgan fingerprint density at radius 1 is 1.05 bits per heavy atom. The van der Waals surface area contributed by atoms with E-state index < -0.39 is 55.4 Å². The highest BCUT2D eigenvalue weighted by atomic mass is 35.5. The van der Waals surface area contributed by atoms with E-state index in [0.717, 1.165) is 19.4 Å². The molecule has 2 aromatic carbocycles. The number of halogens is 3. The number of nitrogens with zero attached hydrogens (tertiary/aromatic N) is 6. The first-order chi connectivity index (χ1) is 28.2. The van der Waals surface area contributed by atoms with Crippen molar-refractivity contribution in [1.82, 2.24) is 24.8 Å². The lowest BCUT2D eigenvalue weighted by atomic mass is 9.95. The molecule has 16 heteroatoms. The van der Waals surface area contributed by atoms with E-state index in [-0.39, 0.29) is 70.2 Å². The van der Waals surface area contributed by atoms with Gasteiger partial charge in [-0.2, -0.15) is 9.97 Å². The average Bonchev–Trinajstić information content (AvgIpc) is 3.82. The molecule has 1 N–H and O–H groups in total. The molecular weight excluding hydrogens is 810 g/mol. The molecule has 0 radical (unpaired) electrons. The topological polar surface area (TPSA) is 130 Å². The number of fused-ring (bicyclic) bond motifs is 5. The van der Waals surface area contributed by atoms with E-state index in [4.69, 9.17) is 40.5 Å². The Hall–Kier alpha value is -4.18. The van der Waals surface area contributed by atoms with Crippen molar-refractivity contribution in [3.8, 4) is 23.0 Å². The molecule has 12 nitrogen and oxygen atoms in total. The quantitative estimate of drug-likeness (QED) is 0.0748. The third kappa shape index (κ3) is 7.57. The molecule has 4 aliphatic heterocycles. The minimum atomic E-state index is -2.34. The fraction of sp³-hybridized carbons (Fsp3) is 0.568. The van der Waals surface area contributed by atoms with Gasteiger partial charge in [-0.15, -0.1) is 0 Å². The summed E-state index contributed by atoms with van der Waals surface area (Å²) in [5.74, 6) is -0.776. The number of ether oxygens (including phenoxy) is 2. The van der Waals surface area contributed by atoms with Gasteiger partial charge in [0.2, 0.25) is 0 Å². The molecule has 4 aliphatic rings. The third-order valence-electron chi connectivity index (χ3n) is 13.6. The van der Waals surface area contributed by atoms with E-state index >= 15 is 4.39 Å². The molecular formula is C44H55ClF2N6O6Si. The highest BCUT2D eigenvalue weighted by molar-refractivity contribution is 6.74. The van der Waals surface area contributed by atoms with Crippen molar-refractivity contribution in [2.75, 3.05) is 37.7 Å². The first-order valence-electron chi connectivity index (χ1n) is 20.9. The molecule has 1 amide bonds. The number of alkyl halides is 1. The van der Waals surface area contributed by atoms with Gasteiger partial charge in [-0.05, 0) is 94.0 Å². The number of carboxylic acid groups (broad SMARTS) is 1. The van der Waals surface area contributed by atoms with Crippen LogP contribution in [0.5, 0.6) is 11.8 Å². The first kappa shape index (κ1) is 42.5. The number of hydrogen-bond donors (Lipinski definition) is 1. The molecule has 60 heavy (non-hydrogen) atoms. The molecule has 4 fully saturated rings. The number of esters is 1. The number of carbonyl (C=O) groups excluding carboxylic acids is 1. The Kier molecular flexibility index (Phi) is 10.8. The average molecular weight is 865 g/mol. The van der Waals surface area contributed by atoms with Crippen LogP contribution in [0, 0.1) is 11.2 Å². The van der Waals surface area contributed by atoms with E-state index in [0.29, 0.717) is 42.1 Å². The Balaban J connectivity index is 1.30. The zero-order valence-electron chi connectivity index (χ0n) is 35.7. The Morgan fingerprint density at radius 2 is 1.80 bits per heavy atom. The van der Waals surface area contributed by atoms with Crippen molar-refractivity contribution >= 4 is 59.5 Å². The maximum Gasteiger partial charge on any atom is 0.407 e. The minimum absolute atomic E-state index is 0.0715. The van der Waals surface area contributed by atoms with Crippen molar-refractivity contribution in [1.29, 1.82) is 0 Å². The second-order valence-corrected chi connectivity index (χ2v) is 24.8. The lowest BCUT2D eigenvalue weighted by Crippen LogP contribution is -2.63. The van der Waals surface area contributed by atoms with Gasteiger partial charge >= 0.3 is 18.1 Å². The molecule has 2 aromatic heterocycles. The molecule has 2 bridgehead atoms. The maximum absolute atomic E-state index is 17.7. The third-order valence-corrected chi connectivity index (χ3v) is 18.3. The maximum atomic E-state index is 17.7. The van der Waals surface area contributed by atoms with E-state index in [1.165, 1.54) is 4.90 Å². The largest absolute Gasteiger partial charge is 0.465 e. The zero-order chi connectivity index (χ0) is 43.1. The molecule has 4 aromatic rings. The lowest BCUT2D eigenvalue weighted by Gasteiger charge is -2.48. The van der Waals surface area contributed by atoms with Crippen LogP contribution in [0.1, 0.15) is 73.6 Å². The molecule has 5 atom stereocenters. The number of benzene rings is 2. The molecule has 8 rings (SSSR count). The second kappa shape index (κ2) is 15.3. The Bertz CT molecular complexity index is 2360. The number of pyridine rings is 1. The summed E-state index contributed by atoms with van der Waals surface area (Å²) in [7, 11) is -2.34. The van der Waals surface area contributed by atoms with Crippen LogP contribution in [0.25, 0.3) is 32.9 Å². The van der Waals surface area contributed by atoms with Crippen LogP contribution in [0.15, 0.2) is 36.4 Å². The summed E-state index contributed by atoms with van der Waals surface area (Å²) >= 11 is 7.20. The smallest absolute Gasteiger partial charge is 0.407 e. The number of rotatable bonds is 9. The van der Waals surface area contributed by atoms with E-state index in [2.05, 4.69) is 38.8 Å². The molecule has 0 saturated carbocycles. The standard InChI is InChI=1S/C44H55ClF2N6O6Si/c1-42(2,3)39(54)59-28-18-25-12-9-10-13-29(25)30(19-28)35-34(47)36-33(37(45)48-35)38(50-40(49-36)57-24-44-16-11-17-51(44)21-26(46)20-44)52-22-27-14-15-31(53(27)41(55)56)32(52)23-58-60(7,8)43(4,5)6/h9-10,12-13,18-19,26-27,31-32H,11,14-17,20-24H2,1-8H3,(H,55,56)/t26-,27+,31-,32-,44+/m1/s1. The van der Waals surface area contributed by atoms with Gasteiger partial charge < -0.3 is 23.9 Å². The molecule has 6 heterocycles. The van der Waals surface area contributed by atoms with Crippen molar-refractivity contribution in [2.45, 2.75) is 122 Å². The number of hydrogen-bond acceptors (Lipinski definition) is 10. The van der Waals surface area contributed by atoms with E-state index in [9.17, 15) is 19.1 Å². The van der Waals surface area contributed by atoms with Gasteiger partial charge in [0.15, 0.2) is 14.1 Å². The van der Waals surface area contributed by atoms with Gasteiger partial charge in [-0.1, -0.05) is 56.6 Å². The Labute approximate surface area is 355 Å². The summed E-state index contributed by atoms with van der Waals surface area (Å²) in [6.07, 6.45) is 1.23. The summed E-state index contributed by atoms with van der Waals surface area (Å²) in [6.45, 7) is 17.6. The van der Waals surface area contributed by atoms with Crippen LogP contribution < -0.4 is 14.4 Å². The number of amides is 1. The predicted octanol–water partition coefficient (Wildman–Crippen LogP) is 9.27.